The summed E-state index contributed by atoms with van der Waals surface area (Å²) in [7, 11) is 0. The molecule has 0 unspecified atom stereocenters. The number of allylic oxidation sites excluding steroid dienone is 2. The van der Waals surface area contributed by atoms with E-state index in [1.54, 1.807) is 0 Å². The van der Waals surface area contributed by atoms with Crippen molar-refractivity contribution in [3.05, 3.63) is 11.3 Å². The minimum atomic E-state index is 0. The molecule has 0 bridgehead atoms. The molecule has 0 amide bonds. The smallest absolute Gasteiger partial charge is 0.512 e. The summed E-state index contributed by atoms with van der Waals surface area (Å²) in [6.07, 6.45) is 4.44. The van der Waals surface area contributed by atoms with Gasteiger partial charge in [-0.25, -0.2) is 0 Å². The number of hydrogen-bond acceptors (Lipinski definition) is 1. The van der Waals surface area contributed by atoms with Crippen LogP contribution in [0.2, 0.25) is 0 Å². The SMILES string of the molecule is CC1=C(O)CCCC1.[Li+]. The molecule has 0 atom stereocenters. The van der Waals surface area contributed by atoms with E-state index in [-0.39, 0.29) is 18.9 Å². The topological polar surface area (TPSA) is 20.2 Å². The zero-order valence-electron chi connectivity index (χ0n) is 6.28. The summed E-state index contributed by atoms with van der Waals surface area (Å²) in [5, 5.41) is 9.06. The molecule has 0 saturated heterocycles. The van der Waals surface area contributed by atoms with Crippen LogP contribution in [-0.4, -0.2) is 5.11 Å². The molecule has 0 spiro atoms. The molecule has 0 saturated carbocycles. The maximum atomic E-state index is 9.06. The molecule has 9 heavy (non-hydrogen) atoms. The van der Waals surface area contributed by atoms with Crippen LogP contribution in [0.3, 0.4) is 0 Å². The Morgan fingerprint density at radius 1 is 1.22 bits per heavy atom. The Balaban J connectivity index is 0.000000640. The van der Waals surface area contributed by atoms with E-state index in [0.717, 1.165) is 12.8 Å². The van der Waals surface area contributed by atoms with E-state index >= 15 is 0 Å². The van der Waals surface area contributed by atoms with Gasteiger partial charge in [-0.3, -0.25) is 0 Å². The summed E-state index contributed by atoms with van der Waals surface area (Å²) in [4.78, 5) is 0. The van der Waals surface area contributed by atoms with E-state index in [4.69, 9.17) is 5.11 Å². The van der Waals surface area contributed by atoms with Crippen molar-refractivity contribution in [3.63, 3.8) is 0 Å². The van der Waals surface area contributed by atoms with Gasteiger partial charge in [0.2, 0.25) is 0 Å². The Morgan fingerprint density at radius 2 is 1.78 bits per heavy atom. The standard InChI is InChI=1S/C7H12O.Li/c1-6-4-2-3-5-7(6)8;/h8H,2-5H2,1H3;/q;+1. The van der Waals surface area contributed by atoms with Gasteiger partial charge < -0.3 is 5.11 Å². The third kappa shape index (κ3) is 2.47. The minimum Gasteiger partial charge on any atom is -0.512 e. The molecular weight excluding hydrogens is 107 g/mol. The van der Waals surface area contributed by atoms with Crippen LogP contribution < -0.4 is 18.9 Å². The van der Waals surface area contributed by atoms with Gasteiger partial charge in [0, 0.05) is 6.42 Å². The average molecular weight is 119 g/mol. The second kappa shape index (κ2) is 4.03. The Kier molecular flexibility index (Phi) is 4.10. The van der Waals surface area contributed by atoms with Gasteiger partial charge in [0.15, 0.2) is 0 Å². The van der Waals surface area contributed by atoms with Crippen LogP contribution in [0.15, 0.2) is 11.3 Å². The summed E-state index contributed by atoms with van der Waals surface area (Å²) in [6.45, 7) is 2.01. The van der Waals surface area contributed by atoms with Crippen LogP contribution in [-0.2, 0) is 0 Å². The maximum Gasteiger partial charge on any atom is 1.00 e. The van der Waals surface area contributed by atoms with Crippen molar-refractivity contribution in [3.8, 4) is 0 Å². The maximum absolute atomic E-state index is 9.06. The van der Waals surface area contributed by atoms with Gasteiger partial charge in [-0.1, -0.05) is 0 Å². The van der Waals surface area contributed by atoms with Crippen LogP contribution in [0.1, 0.15) is 32.6 Å². The molecule has 0 fully saturated rings. The number of aliphatic hydroxyl groups excluding tert-OH is 1. The van der Waals surface area contributed by atoms with Gasteiger partial charge in [-0.2, -0.15) is 0 Å². The summed E-state index contributed by atoms with van der Waals surface area (Å²) >= 11 is 0. The van der Waals surface area contributed by atoms with Crippen molar-refractivity contribution in [1.29, 1.82) is 0 Å². The zero-order chi connectivity index (χ0) is 5.98. The molecule has 0 heterocycles. The second-order valence-corrected chi connectivity index (χ2v) is 2.43. The third-order valence-corrected chi connectivity index (χ3v) is 1.71. The first-order valence-electron chi connectivity index (χ1n) is 3.18. The van der Waals surface area contributed by atoms with Crippen LogP contribution in [0.25, 0.3) is 0 Å². The Labute approximate surface area is 68.3 Å². The van der Waals surface area contributed by atoms with E-state index in [0.29, 0.717) is 5.76 Å². The number of hydrogen-bond donors (Lipinski definition) is 1. The van der Waals surface area contributed by atoms with Gasteiger partial charge in [-0.15, -0.1) is 0 Å². The Bertz CT molecular complexity index is 104. The van der Waals surface area contributed by atoms with Gasteiger partial charge in [0.05, 0.1) is 5.76 Å². The Morgan fingerprint density at radius 3 is 2.11 bits per heavy atom. The summed E-state index contributed by atoms with van der Waals surface area (Å²) in [6, 6.07) is 0. The van der Waals surface area contributed by atoms with Gasteiger partial charge in [0.25, 0.3) is 0 Å². The molecule has 0 aromatic rings. The first-order valence-corrected chi connectivity index (χ1v) is 3.18. The fraction of sp³-hybridized carbons (Fsp3) is 0.714. The third-order valence-electron chi connectivity index (χ3n) is 1.71. The second-order valence-electron chi connectivity index (χ2n) is 2.43. The molecule has 1 aliphatic rings. The number of rotatable bonds is 0. The van der Waals surface area contributed by atoms with E-state index in [2.05, 4.69) is 0 Å². The molecule has 1 rings (SSSR count). The van der Waals surface area contributed by atoms with Crippen molar-refractivity contribution in [2.45, 2.75) is 32.6 Å². The van der Waals surface area contributed by atoms with Crippen molar-refractivity contribution in [2.75, 3.05) is 0 Å². The molecule has 0 aliphatic heterocycles. The predicted molar refractivity (Wildman–Crippen MR) is 33.8 cm³/mol. The molecule has 1 N–H and O–H groups in total. The number of aliphatic hydroxyl groups is 1. The molecule has 46 valence electrons. The molecular formula is C7H12LiO+. The molecule has 0 aromatic carbocycles. The first-order chi connectivity index (χ1) is 3.80. The monoisotopic (exact) mass is 119 g/mol. The van der Waals surface area contributed by atoms with E-state index in [1.807, 2.05) is 6.92 Å². The molecule has 1 nitrogen and oxygen atoms in total. The van der Waals surface area contributed by atoms with E-state index < -0.39 is 0 Å². The van der Waals surface area contributed by atoms with Gasteiger partial charge in [0.1, 0.15) is 0 Å². The van der Waals surface area contributed by atoms with E-state index in [1.165, 1.54) is 18.4 Å². The minimum absolute atomic E-state index is 0. The Hall–Kier alpha value is 0.137. The van der Waals surface area contributed by atoms with Crippen molar-refractivity contribution in [1.82, 2.24) is 0 Å². The zero-order valence-corrected chi connectivity index (χ0v) is 6.28. The van der Waals surface area contributed by atoms with Crippen molar-refractivity contribution < 1.29 is 24.0 Å². The normalized spacial score (nSPS) is 19.2. The van der Waals surface area contributed by atoms with Crippen LogP contribution in [0.5, 0.6) is 0 Å². The van der Waals surface area contributed by atoms with Crippen LogP contribution in [0, 0.1) is 0 Å². The summed E-state index contributed by atoms with van der Waals surface area (Å²) in [5.74, 6) is 0.635. The van der Waals surface area contributed by atoms with Crippen LogP contribution in [0.4, 0.5) is 0 Å². The van der Waals surface area contributed by atoms with Crippen LogP contribution >= 0.6 is 0 Å². The largest absolute Gasteiger partial charge is 1.00 e. The fourth-order valence-corrected chi connectivity index (χ4v) is 1.04. The van der Waals surface area contributed by atoms with Gasteiger partial charge >= 0.3 is 18.9 Å². The van der Waals surface area contributed by atoms with Crippen molar-refractivity contribution >= 4 is 0 Å². The van der Waals surface area contributed by atoms with Gasteiger partial charge in [-0.05, 0) is 31.8 Å². The summed E-state index contributed by atoms with van der Waals surface area (Å²) < 4.78 is 0. The fourth-order valence-electron chi connectivity index (χ4n) is 1.04. The summed E-state index contributed by atoms with van der Waals surface area (Å²) in [5.41, 5.74) is 1.19. The average Bonchev–Trinajstić information content (AvgIpc) is 1.77. The van der Waals surface area contributed by atoms with E-state index in [9.17, 15) is 0 Å². The first kappa shape index (κ1) is 9.14. The molecule has 0 radical (unpaired) electrons. The molecule has 1 aliphatic carbocycles. The van der Waals surface area contributed by atoms with Crippen molar-refractivity contribution in [2.24, 2.45) is 0 Å². The quantitative estimate of drug-likeness (QED) is 0.422. The molecule has 2 heteroatoms. The predicted octanol–water partition coefficient (Wildman–Crippen LogP) is -0.604. The molecule has 0 aromatic heterocycles.